The van der Waals surface area contributed by atoms with Crippen LogP contribution in [0.25, 0.3) is 0 Å². The summed E-state index contributed by atoms with van der Waals surface area (Å²) in [6.45, 7) is 0.661. The van der Waals surface area contributed by atoms with Crippen LogP contribution in [0.4, 0.5) is 0 Å². The molecular weight excluding hydrogens is 256 g/mol. The molecule has 0 radical (unpaired) electrons. The van der Waals surface area contributed by atoms with Gasteiger partial charge in [0.15, 0.2) is 0 Å². The Labute approximate surface area is 119 Å². The number of nitrogens with one attached hydrogen (secondary N) is 1. The van der Waals surface area contributed by atoms with E-state index >= 15 is 0 Å². The van der Waals surface area contributed by atoms with Gasteiger partial charge in [-0.3, -0.25) is 14.6 Å². The summed E-state index contributed by atoms with van der Waals surface area (Å²) in [7, 11) is 0. The lowest BCUT2D eigenvalue weighted by Gasteiger charge is -2.04. The van der Waals surface area contributed by atoms with Crippen molar-refractivity contribution < 1.29 is 14.7 Å². The molecule has 0 aliphatic heterocycles. The van der Waals surface area contributed by atoms with E-state index in [4.69, 9.17) is 5.11 Å². The first-order chi connectivity index (χ1) is 9.68. The van der Waals surface area contributed by atoms with Crippen molar-refractivity contribution in [2.24, 2.45) is 0 Å². The summed E-state index contributed by atoms with van der Waals surface area (Å²) in [5.41, 5.74) is 1.10. The van der Waals surface area contributed by atoms with Crippen LogP contribution in [0.15, 0.2) is 24.4 Å². The molecule has 0 fully saturated rings. The Morgan fingerprint density at radius 1 is 1.10 bits per heavy atom. The third-order valence-electron chi connectivity index (χ3n) is 2.95. The minimum absolute atomic E-state index is 0.0531. The second-order valence-electron chi connectivity index (χ2n) is 4.73. The average Bonchev–Trinajstić information content (AvgIpc) is 2.43. The summed E-state index contributed by atoms with van der Waals surface area (Å²) in [6.07, 6.45) is 6.56. The van der Waals surface area contributed by atoms with Gasteiger partial charge in [0.1, 0.15) is 0 Å². The van der Waals surface area contributed by atoms with Gasteiger partial charge in [-0.25, -0.2) is 0 Å². The Morgan fingerprint density at radius 2 is 1.95 bits per heavy atom. The molecule has 1 aromatic rings. The zero-order valence-electron chi connectivity index (χ0n) is 11.7. The highest BCUT2D eigenvalue weighted by Gasteiger charge is 2.03. The predicted molar refractivity (Wildman–Crippen MR) is 76.3 cm³/mol. The Bertz CT molecular complexity index is 407. The first-order valence-corrected chi connectivity index (χ1v) is 7.07. The number of nitrogens with zero attached hydrogens (tertiary/aromatic N) is 1. The number of carboxylic acid groups (broad SMARTS) is 1. The first kappa shape index (κ1) is 16.1. The van der Waals surface area contributed by atoms with Gasteiger partial charge in [0.2, 0.25) is 5.91 Å². The van der Waals surface area contributed by atoms with E-state index < -0.39 is 5.97 Å². The third-order valence-corrected chi connectivity index (χ3v) is 2.95. The van der Waals surface area contributed by atoms with Crippen molar-refractivity contribution in [3.8, 4) is 0 Å². The Balaban J connectivity index is 1.94. The van der Waals surface area contributed by atoms with Crippen LogP contribution in [0.2, 0.25) is 0 Å². The van der Waals surface area contributed by atoms with Gasteiger partial charge in [0, 0.05) is 31.3 Å². The number of amides is 1. The average molecular weight is 278 g/mol. The Kier molecular flexibility index (Phi) is 8.03. The molecule has 1 amide bonds. The highest BCUT2D eigenvalue weighted by Crippen LogP contribution is 2.03. The molecule has 5 heteroatoms. The van der Waals surface area contributed by atoms with Crippen molar-refractivity contribution in [3.05, 3.63) is 30.1 Å². The van der Waals surface area contributed by atoms with Gasteiger partial charge in [0.05, 0.1) is 0 Å². The topological polar surface area (TPSA) is 79.3 Å². The van der Waals surface area contributed by atoms with Crippen molar-refractivity contribution in [1.29, 1.82) is 0 Å². The number of hydrogen-bond donors (Lipinski definition) is 2. The molecule has 1 aromatic heterocycles. The molecule has 0 saturated heterocycles. The lowest BCUT2D eigenvalue weighted by atomic mass is 10.1. The van der Waals surface area contributed by atoms with Crippen LogP contribution in [0.1, 0.15) is 44.2 Å². The molecule has 110 valence electrons. The fourth-order valence-electron chi connectivity index (χ4n) is 1.87. The molecule has 0 saturated carbocycles. The van der Waals surface area contributed by atoms with Gasteiger partial charge in [-0.15, -0.1) is 0 Å². The molecule has 1 heterocycles. The van der Waals surface area contributed by atoms with E-state index in [2.05, 4.69) is 10.3 Å². The summed E-state index contributed by atoms with van der Waals surface area (Å²) < 4.78 is 0. The normalized spacial score (nSPS) is 10.2. The highest BCUT2D eigenvalue weighted by atomic mass is 16.4. The predicted octanol–water partition coefficient (Wildman–Crippen LogP) is 2.17. The zero-order chi connectivity index (χ0) is 14.6. The number of carbonyl (C=O) groups excluding carboxylic acids is 1. The fourth-order valence-corrected chi connectivity index (χ4v) is 1.87. The fraction of sp³-hybridized carbons (Fsp3) is 0.533. The molecule has 0 aromatic carbocycles. The number of carbonyl (C=O) groups is 2. The smallest absolute Gasteiger partial charge is 0.303 e. The van der Waals surface area contributed by atoms with Crippen LogP contribution in [-0.2, 0) is 16.0 Å². The van der Waals surface area contributed by atoms with E-state index in [9.17, 15) is 9.59 Å². The minimum atomic E-state index is -0.854. The van der Waals surface area contributed by atoms with Crippen molar-refractivity contribution in [1.82, 2.24) is 10.3 Å². The van der Waals surface area contributed by atoms with Gasteiger partial charge in [-0.05, 0) is 37.8 Å². The maximum atomic E-state index is 11.4. The molecule has 0 aliphatic rings. The van der Waals surface area contributed by atoms with E-state index in [1.807, 2.05) is 18.2 Å². The number of aryl methyl sites for hydroxylation is 1. The molecule has 0 atom stereocenters. The van der Waals surface area contributed by atoms with E-state index in [0.29, 0.717) is 19.4 Å². The monoisotopic (exact) mass is 278 g/mol. The van der Waals surface area contributed by atoms with Crippen LogP contribution in [0.5, 0.6) is 0 Å². The lowest BCUT2D eigenvalue weighted by molar-refractivity contribution is -0.137. The summed E-state index contributed by atoms with van der Waals surface area (Å²) in [5, 5.41) is 11.3. The highest BCUT2D eigenvalue weighted by molar-refractivity contribution is 5.76. The van der Waals surface area contributed by atoms with Crippen molar-refractivity contribution >= 4 is 11.9 Å². The number of carboxylic acids is 1. The van der Waals surface area contributed by atoms with E-state index in [1.165, 1.54) is 0 Å². The summed E-state index contributed by atoms with van der Waals surface area (Å²) in [4.78, 5) is 25.9. The van der Waals surface area contributed by atoms with Gasteiger partial charge in [0.25, 0.3) is 0 Å². The van der Waals surface area contributed by atoms with Crippen molar-refractivity contribution in [2.45, 2.75) is 44.9 Å². The molecule has 0 aliphatic carbocycles. The maximum absolute atomic E-state index is 11.4. The largest absolute Gasteiger partial charge is 0.481 e. The molecule has 0 bridgehead atoms. The molecule has 2 N–H and O–H groups in total. The standard InChI is InChI=1S/C15H22N2O3/c18-14(9-6-10-15(19)20)17-12-4-1-2-7-13-8-3-5-11-16-13/h3,5,8,11H,1-2,4,6-7,9-10,12H2,(H,17,18)(H,19,20). The van der Waals surface area contributed by atoms with Crippen LogP contribution >= 0.6 is 0 Å². The van der Waals surface area contributed by atoms with E-state index in [-0.39, 0.29) is 12.3 Å². The van der Waals surface area contributed by atoms with Crippen molar-refractivity contribution in [2.75, 3.05) is 6.54 Å². The molecule has 0 spiro atoms. The molecular formula is C15H22N2O3. The van der Waals surface area contributed by atoms with Gasteiger partial charge >= 0.3 is 5.97 Å². The summed E-state index contributed by atoms with van der Waals surface area (Å²) in [6, 6.07) is 5.91. The number of rotatable bonds is 10. The molecule has 5 nitrogen and oxygen atoms in total. The van der Waals surface area contributed by atoms with Crippen LogP contribution in [-0.4, -0.2) is 28.5 Å². The number of pyridine rings is 1. The Morgan fingerprint density at radius 3 is 2.65 bits per heavy atom. The maximum Gasteiger partial charge on any atom is 0.303 e. The minimum Gasteiger partial charge on any atom is -0.481 e. The summed E-state index contributed by atoms with van der Waals surface area (Å²) in [5.74, 6) is -0.914. The van der Waals surface area contributed by atoms with Gasteiger partial charge < -0.3 is 10.4 Å². The summed E-state index contributed by atoms with van der Waals surface area (Å²) >= 11 is 0. The molecule has 20 heavy (non-hydrogen) atoms. The first-order valence-electron chi connectivity index (χ1n) is 7.07. The quantitative estimate of drug-likeness (QED) is 0.643. The van der Waals surface area contributed by atoms with Gasteiger partial charge in [-0.1, -0.05) is 12.5 Å². The number of unbranched alkanes of at least 4 members (excludes halogenated alkanes) is 2. The van der Waals surface area contributed by atoms with Crippen LogP contribution in [0.3, 0.4) is 0 Å². The van der Waals surface area contributed by atoms with Crippen molar-refractivity contribution in [3.63, 3.8) is 0 Å². The third kappa shape index (κ3) is 8.24. The van der Waals surface area contributed by atoms with E-state index in [0.717, 1.165) is 31.4 Å². The number of aromatic nitrogens is 1. The van der Waals surface area contributed by atoms with E-state index in [1.54, 1.807) is 6.20 Å². The van der Waals surface area contributed by atoms with Gasteiger partial charge in [-0.2, -0.15) is 0 Å². The number of aliphatic carboxylic acids is 1. The van der Waals surface area contributed by atoms with Crippen LogP contribution in [0, 0.1) is 0 Å². The van der Waals surface area contributed by atoms with Crippen LogP contribution < -0.4 is 5.32 Å². The lowest BCUT2D eigenvalue weighted by Crippen LogP contribution is -2.24. The molecule has 1 rings (SSSR count). The second-order valence-corrected chi connectivity index (χ2v) is 4.73. The molecule has 0 unspecified atom stereocenters. The SMILES string of the molecule is O=C(O)CCCC(=O)NCCCCCc1ccccn1. The second kappa shape index (κ2) is 9.95. The zero-order valence-corrected chi connectivity index (χ0v) is 11.7. The number of hydrogen-bond acceptors (Lipinski definition) is 3. The Hall–Kier alpha value is -1.91.